The highest BCUT2D eigenvalue weighted by Gasteiger charge is 2.37. The lowest BCUT2D eigenvalue weighted by Gasteiger charge is -2.19. The molecule has 0 aromatic heterocycles. The quantitative estimate of drug-likeness (QED) is 0.884. The largest absolute Gasteiger partial charge is 0.481 e. The smallest absolute Gasteiger partial charge is 0.309 e. The molecule has 1 aliphatic rings. The van der Waals surface area contributed by atoms with Crippen molar-refractivity contribution in [2.75, 3.05) is 6.61 Å². The van der Waals surface area contributed by atoms with Gasteiger partial charge in [-0.15, -0.1) is 0 Å². The van der Waals surface area contributed by atoms with Crippen molar-refractivity contribution in [1.29, 1.82) is 0 Å². The summed E-state index contributed by atoms with van der Waals surface area (Å²) in [7, 11) is 0. The van der Waals surface area contributed by atoms with Gasteiger partial charge in [-0.2, -0.15) is 0 Å². The number of carbonyl (C=O) groups is 1. The van der Waals surface area contributed by atoms with Gasteiger partial charge in [-0.25, -0.2) is 0 Å². The van der Waals surface area contributed by atoms with E-state index in [9.17, 15) is 15.0 Å². The fourth-order valence-electron chi connectivity index (χ4n) is 2.95. The lowest BCUT2D eigenvalue weighted by atomic mass is 9.84. The van der Waals surface area contributed by atoms with Gasteiger partial charge in [0.05, 0.1) is 12.5 Å². The maximum atomic E-state index is 11.4. The number of carboxylic acids is 1. The Kier molecular flexibility index (Phi) is 2.84. The molecule has 3 nitrogen and oxygen atoms in total. The van der Waals surface area contributed by atoms with Crippen molar-refractivity contribution in [1.82, 2.24) is 0 Å². The molecule has 19 heavy (non-hydrogen) atoms. The summed E-state index contributed by atoms with van der Waals surface area (Å²) in [6, 6.07) is 15.6. The SMILES string of the molecule is O=C(O)C(CO)C1c2ccccc2-c2ccccc21. The summed E-state index contributed by atoms with van der Waals surface area (Å²) in [6.45, 7) is -0.358. The maximum absolute atomic E-state index is 11.4. The van der Waals surface area contributed by atoms with Crippen LogP contribution in [0.3, 0.4) is 0 Å². The molecule has 96 valence electrons. The van der Waals surface area contributed by atoms with E-state index in [-0.39, 0.29) is 12.5 Å². The van der Waals surface area contributed by atoms with E-state index in [1.165, 1.54) is 0 Å². The van der Waals surface area contributed by atoms with Crippen LogP contribution in [0.25, 0.3) is 11.1 Å². The summed E-state index contributed by atoms with van der Waals surface area (Å²) >= 11 is 0. The Morgan fingerprint density at radius 1 is 1.00 bits per heavy atom. The molecule has 0 aliphatic heterocycles. The molecule has 2 N–H and O–H groups in total. The highest BCUT2D eigenvalue weighted by atomic mass is 16.4. The molecule has 3 rings (SSSR count). The number of carboxylic acid groups (broad SMARTS) is 1. The molecule has 0 amide bonds. The highest BCUT2D eigenvalue weighted by Crippen LogP contribution is 2.47. The predicted molar refractivity (Wildman–Crippen MR) is 71.9 cm³/mol. The molecule has 0 saturated heterocycles. The zero-order chi connectivity index (χ0) is 13.4. The first-order chi connectivity index (χ1) is 9.24. The molecule has 0 radical (unpaired) electrons. The van der Waals surface area contributed by atoms with Crippen LogP contribution in [0.15, 0.2) is 48.5 Å². The lowest BCUT2D eigenvalue weighted by Crippen LogP contribution is -2.25. The van der Waals surface area contributed by atoms with Crippen molar-refractivity contribution in [3.63, 3.8) is 0 Å². The van der Waals surface area contributed by atoms with E-state index in [1.54, 1.807) is 0 Å². The van der Waals surface area contributed by atoms with Crippen LogP contribution in [0.2, 0.25) is 0 Å². The van der Waals surface area contributed by atoms with Crippen LogP contribution in [0.5, 0.6) is 0 Å². The summed E-state index contributed by atoms with van der Waals surface area (Å²) < 4.78 is 0. The first-order valence-electron chi connectivity index (χ1n) is 6.26. The number of hydrogen-bond acceptors (Lipinski definition) is 2. The van der Waals surface area contributed by atoms with Crippen LogP contribution in [0, 0.1) is 5.92 Å². The van der Waals surface area contributed by atoms with Gasteiger partial charge in [0, 0.05) is 5.92 Å². The number of rotatable bonds is 3. The zero-order valence-electron chi connectivity index (χ0n) is 10.3. The van der Waals surface area contributed by atoms with Gasteiger partial charge in [0.1, 0.15) is 0 Å². The molecule has 0 heterocycles. The first-order valence-corrected chi connectivity index (χ1v) is 6.26. The first kappa shape index (κ1) is 11.9. The summed E-state index contributed by atoms with van der Waals surface area (Å²) in [6.07, 6.45) is 0. The average molecular weight is 254 g/mol. The zero-order valence-corrected chi connectivity index (χ0v) is 10.3. The van der Waals surface area contributed by atoms with E-state index in [2.05, 4.69) is 0 Å². The minimum atomic E-state index is -0.959. The Morgan fingerprint density at radius 2 is 1.47 bits per heavy atom. The van der Waals surface area contributed by atoms with Crippen LogP contribution in [-0.4, -0.2) is 22.8 Å². The summed E-state index contributed by atoms with van der Waals surface area (Å²) in [5.41, 5.74) is 4.13. The number of aliphatic carboxylic acids is 1. The van der Waals surface area contributed by atoms with E-state index >= 15 is 0 Å². The van der Waals surface area contributed by atoms with Crippen molar-refractivity contribution < 1.29 is 15.0 Å². The molecule has 0 saturated carbocycles. The topological polar surface area (TPSA) is 57.5 Å². The van der Waals surface area contributed by atoms with Gasteiger partial charge >= 0.3 is 5.97 Å². The summed E-state index contributed by atoms with van der Waals surface area (Å²) in [5, 5.41) is 18.8. The van der Waals surface area contributed by atoms with Crippen LogP contribution < -0.4 is 0 Å². The number of fused-ring (bicyclic) bond motifs is 3. The Hall–Kier alpha value is -2.13. The van der Waals surface area contributed by atoms with Crippen LogP contribution in [-0.2, 0) is 4.79 Å². The number of aliphatic hydroxyl groups is 1. The molecule has 1 unspecified atom stereocenters. The van der Waals surface area contributed by atoms with Gasteiger partial charge in [0.15, 0.2) is 0 Å². The second-order valence-corrected chi connectivity index (χ2v) is 4.78. The van der Waals surface area contributed by atoms with Crippen LogP contribution in [0.4, 0.5) is 0 Å². The van der Waals surface area contributed by atoms with Crippen molar-refractivity contribution in [2.24, 2.45) is 5.92 Å². The molecule has 2 aromatic carbocycles. The summed E-state index contributed by atoms with van der Waals surface area (Å²) in [4.78, 5) is 11.4. The fraction of sp³-hybridized carbons (Fsp3) is 0.188. The predicted octanol–water partition coefficient (Wildman–Crippen LogP) is 2.49. The molecular formula is C16H14O3. The molecule has 0 fully saturated rings. The third-order valence-electron chi connectivity index (χ3n) is 3.80. The normalized spacial score (nSPS) is 14.8. The van der Waals surface area contributed by atoms with E-state index in [4.69, 9.17) is 0 Å². The van der Waals surface area contributed by atoms with Crippen molar-refractivity contribution in [3.05, 3.63) is 59.7 Å². The molecular weight excluding hydrogens is 240 g/mol. The second kappa shape index (κ2) is 4.52. The minimum absolute atomic E-state index is 0.269. The number of hydrogen-bond donors (Lipinski definition) is 2. The van der Waals surface area contributed by atoms with Crippen LogP contribution in [0.1, 0.15) is 17.0 Å². The lowest BCUT2D eigenvalue weighted by molar-refractivity contribution is -0.143. The molecule has 1 aliphatic carbocycles. The highest BCUT2D eigenvalue weighted by molar-refractivity contribution is 5.83. The Balaban J connectivity index is 2.22. The van der Waals surface area contributed by atoms with Crippen molar-refractivity contribution in [3.8, 4) is 11.1 Å². The number of benzene rings is 2. The van der Waals surface area contributed by atoms with Gasteiger partial charge in [0.2, 0.25) is 0 Å². The second-order valence-electron chi connectivity index (χ2n) is 4.78. The van der Waals surface area contributed by atoms with E-state index in [0.29, 0.717) is 0 Å². The van der Waals surface area contributed by atoms with E-state index < -0.39 is 11.9 Å². The summed E-state index contributed by atoms with van der Waals surface area (Å²) in [5.74, 6) is -2.03. The standard InChI is InChI=1S/C16H14O3/c17-9-14(16(18)19)15-12-7-3-1-5-10(12)11-6-2-4-8-13(11)15/h1-8,14-15,17H,9H2,(H,18,19). The minimum Gasteiger partial charge on any atom is -0.481 e. The third-order valence-corrected chi connectivity index (χ3v) is 3.80. The van der Waals surface area contributed by atoms with Gasteiger partial charge in [-0.1, -0.05) is 48.5 Å². The van der Waals surface area contributed by atoms with E-state index in [1.807, 2.05) is 48.5 Å². The van der Waals surface area contributed by atoms with Gasteiger partial charge in [-0.05, 0) is 22.3 Å². The van der Waals surface area contributed by atoms with E-state index in [0.717, 1.165) is 22.3 Å². The third kappa shape index (κ3) is 1.74. The Bertz CT molecular complexity index is 588. The molecule has 0 bridgehead atoms. The van der Waals surface area contributed by atoms with Gasteiger partial charge in [-0.3, -0.25) is 4.79 Å². The molecule has 2 aromatic rings. The fourth-order valence-corrected chi connectivity index (χ4v) is 2.95. The Labute approximate surface area is 111 Å². The monoisotopic (exact) mass is 254 g/mol. The van der Waals surface area contributed by atoms with Crippen molar-refractivity contribution >= 4 is 5.97 Å². The maximum Gasteiger partial charge on any atom is 0.309 e. The van der Waals surface area contributed by atoms with Gasteiger partial charge in [0.25, 0.3) is 0 Å². The Morgan fingerprint density at radius 3 is 1.89 bits per heavy atom. The number of aliphatic hydroxyl groups excluding tert-OH is 1. The molecule has 1 atom stereocenters. The molecule has 3 heteroatoms. The van der Waals surface area contributed by atoms with Gasteiger partial charge < -0.3 is 10.2 Å². The average Bonchev–Trinajstić information content (AvgIpc) is 2.75. The van der Waals surface area contributed by atoms with Crippen molar-refractivity contribution in [2.45, 2.75) is 5.92 Å². The van der Waals surface area contributed by atoms with Crippen LogP contribution >= 0.6 is 0 Å². The molecule has 0 spiro atoms.